The molecule has 23 heavy (non-hydrogen) atoms. The summed E-state index contributed by atoms with van der Waals surface area (Å²) >= 11 is 0. The minimum Gasteiger partial charge on any atom is -0.342 e. The van der Waals surface area contributed by atoms with Gasteiger partial charge in [-0.05, 0) is 31.4 Å². The highest BCUT2D eigenvalue weighted by Crippen LogP contribution is 2.06. The van der Waals surface area contributed by atoms with Crippen LogP contribution in [-0.4, -0.2) is 85.9 Å². The van der Waals surface area contributed by atoms with E-state index in [1.54, 1.807) is 0 Å². The maximum absolute atomic E-state index is 4.71. The molecule has 0 amide bonds. The number of rotatable bonds is 6. The molecule has 6 nitrogen and oxygen atoms in total. The molecule has 0 fully saturated rings. The molecule has 0 unspecified atom stereocenters. The second kappa shape index (κ2) is 8.60. The third-order valence-electron chi connectivity index (χ3n) is 4.05. The highest BCUT2D eigenvalue weighted by Gasteiger charge is 2.13. The van der Waals surface area contributed by atoms with Gasteiger partial charge >= 0.3 is 0 Å². The quantitative estimate of drug-likeness (QED) is 0.698. The van der Waals surface area contributed by atoms with Crippen molar-refractivity contribution in [2.45, 2.75) is 19.3 Å². The van der Waals surface area contributed by atoms with Crippen molar-refractivity contribution in [2.24, 2.45) is 9.98 Å². The van der Waals surface area contributed by atoms with Crippen LogP contribution >= 0.6 is 0 Å². The summed E-state index contributed by atoms with van der Waals surface area (Å²) in [6, 6.07) is 0. The molecule has 2 aliphatic heterocycles. The fourth-order valence-electron chi connectivity index (χ4n) is 2.78. The molecule has 128 valence electrons. The van der Waals surface area contributed by atoms with Gasteiger partial charge in [0.15, 0.2) is 11.9 Å². The Morgan fingerprint density at radius 1 is 0.739 bits per heavy atom. The summed E-state index contributed by atoms with van der Waals surface area (Å²) < 4.78 is 0. The lowest BCUT2D eigenvalue weighted by atomic mass is 10.2. The van der Waals surface area contributed by atoms with Crippen molar-refractivity contribution in [3.8, 4) is 0 Å². The van der Waals surface area contributed by atoms with Crippen LogP contribution in [0.15, 0.2) is 34.5 Å². The molecule has 0 atom stereocenters. The van der Waals surface area contributed by atoms with Crippen molar-refractivity contribution in [3.63, 3.8) is 0 Å². The maximum atomic E-state index is 4.71. The molecular weight excluding hydrogens is 288 g/mol. The normalized spacial score (nSPS) is 21.9. The van der Waals surface area contributed by atoms with Gasteiger partial charge < -0.3 is 19.6 Å². The number of guanidine groups is 2. The Bertz CT molecular complexity index is 449. The van der Waals surface area contributed by atoms with Crippen LogP contribution in [0, 0.1) is 0 Å². The third kappa shape index (κ3) is 5.01. The summed E-state index contributed by atoms with van der Waals surface area (Å²) in [5, 5.41) is 0. The molecule has 6 heteroatoms. The highest BCUT2D eigenvalue weighted by atomic mass is 15.4. The number of nitrogens with zero attached hydrogens (tertiary/aromatic N) is 6. The van der Waals surface area contributed by atoms with Gasteiger partial charge in [-0.3, -0.25) is 9.98 Å². The largest absolute Gasteiger partial charge is 0.342 e. The second-order valence-electron chi connectivity index (χ2n) is 6.18. The van der Waals surface area contributed by atoms with E-state index in [9.17, 15) is 0 Å². The molecule has 2 aliphatic rings. The zero-order valence-corrected chi connectivity index (χ0v) is 14.9. The van der Waals surface area contributed by atoms with E-state index in [2.05, 4.69) is 58.2 Å². The standard InChI is InChI=1S/C17H30N6/c1-20-12-8-13-21(2)16(20)18-10-6-5-7-11-19-17-22(3)14-9-15-23(17)4/h8-9,12,14H,5-7,10-11,13,15H2,1-4H3. The van der Waals surface area contributed by atoms with Crippen molar-refractivity contribution < 1.29 is 0 Å². The van der Waals surface area contributed by atoms with E-state index in [0.29, 0.717) is 0 Å². The van der Waals surface area contributed by atoms with E-state index >= 15 is 0 Å². The Balaban J connectivity index is 1.66. The molecule has 0 radical (unpaired) electrons. The topological polar surface area (TPSA) is 37.7 Å². The van der Waals surface area contributed by atoms with Crippen molar-refractivity contribution in [3.05, 3.63) is 24.6 Å². The number of hydrogen-bond donors (Lipinski definition) is 0. The summed E-state index contributed by atoms with van der Waals surface area (Å²) in [4.78, 5) is 17.9. The molecule has 0 saturated carbocycles. The molecule has 2 heterocycles. The second-order valence-corrected chi connectivity index (χ2v) is 6.18. The summed E-state index contributed by atoms with van der Waals surface area (Å²) in [6.07, 6.45) is 11.9. The Morgan fingerprint density at radius 3 is 1.57 bits per heavy atom. The van der Waals surface area contributed by atoms with Gasteiger partial charge in [-0.2, -0.15) is 0 Å². The maximum Gasteiger partial charge on any atom is 0.200 e. The Morgan fingerprint density at radius 2 is 1.17 bits per heavy atom. The number of unbranched alkanes of at least 4 members (excludes halogenated alkanes) is 2. The first-order valence-electron chi connectivity index (χ1n) is 8.39. The minimum absolute atomic E-state index is 0.886. The summed E-state index contributed by atoms with van der Waals surface area (Å²) in [5.74, 6) is 2.12. The van der Waals surface area contributed by atoms with Crippen LogP contribution in [-0.2, 0) is 0 Å². The van der Waals surface area contributed by atoms with Crippen LogP contribution in [0.3, 0.4) is 0 Å². The Labute approximate surface area is 140 Å². The minimum atomic E-state index is 0.886. The van der Waals surface area contributed by atoms with E-state index in [1.165, 1.54) is 6.42 Å². The number of likely N-dealkylation sites (N-methyl/N-ethyl adjacent to an activating group) is 2. The van der Waals surface area contributed by atoms with E-state index in [0.717, 1.165) is 50.9 Å². The lowest BCUT2D eigenvalue weighted by molar-refractivity contribution is 0.446. The fraction of sp³-hybridized carbons (Fsp3) is 0.647. The number of aliphatic imine (C=N–C) groups is 2. The molecule has 0 saturated heterocycles. The molecular formula is C17H30N6. The predicted octanol–water partition coefficient (Wildman–Crippen LogP) is 1.65. The van der Waals surface area contributed by atoms with Crippen LogP contribution in [0.1, 0.15) is 19.3 Å². The smallest absolute Gasteiger partial charge is 0.200 e. The highest BCUT2D eigenvalue weighted by molar-refractivity contribution is 5.82. The van der Waals surface area contributed by atoms with Gasteiger partial charge in [0.25, 0.3) is 0 Å². The van der Waals surface area contributed by atoms with Crippen molar-refractivity contribution in [1.29, 1.82) is 0 Å². The summed E-state index contributed by atoms with van der Waals surface area (Å²) in [6.45, 7) is 3.65. The molecule has 2 rings (SSSR count). The Kier molecular flexibility index (Phi) is 6.50. The fourth-order valence-corrected chi connectivity index (χ4v) is 2.78. The average molecular weight is 318 g/mol. The molecule has 0 aromatic rings. The van der Waals surface area contributed by atoms with Crippen LogP contribution in [0.4, 0.5) is 0 Å². The molecule has 0 bridgehead atoms. The van der Waals surface area contributed by atoms with E-state index in [4.69, 9.17) is 9.98 Å². The number of hydrogen-bond acceptors (Lipinski definition) is 2. The monoisotopic (exact) mass is 318 g/mol. The van der Waals surface area contributed by atoms with E-state index < -0.39 is 0 Å². The van der Waals surface area contributed by atoms with Crippen molar-refractivity contribution >= 4 is 11.9 Å². The first-order valence-corrected chi connectivity index (χ1v) is 8.39. The lowest BCUT2D eigenvalue weighted by Gasteiger charge is -2.30. The van der Waals surface area contributed by atoms with Crippen LogP contribution < -0.4 is 0 Å². The van der Waals surface area contributed by atoms with Gasteiger partial charge in [-0.1, -0.05) is 0 Å². The molecule has 0 aliphatic carbocycles. The van der Waals surface area contributed by atoms with Crippen molar-refractivity contribution in [2.75, 3.05) is 54.4 Å². The SMILES string of the molecule is CN1C=CCN(C)C1=NCCCCCN=C1N(C)C=CCN1C. The van der Waals surface area contributed by atoms with Gasteiger partial charge in [-0.15, -0.1) is 0 Å². The Hall–Kier alpha value is -1.98. The molecule has 0 aromatic carbocycles. The zero-order valence-electron chi connectivity index (χ0n) is 14.9. The van der Waals surface area contributed by atoms with E-state index in [-0.39, 0.29) is 0 Å². The van der Waals surface area contributed by atoms with Crippen LogP contribution in [0.5, 0.6) is 0 Å². The zero-order chi connectivity index (χ0) is 16.7. The molecule has 0 N–H and O–H groups in total. The summed E-state index contributed by atoms with van der Waals surface area (Å²) in [5.41, 5.74) is 0. The van der Waals surface area contributed by atoms with Gasteiger partial charge in [-0.25, -0.2) is 0 Å². The van der Waals surface area contributed by atoms with E-state index in [1.807, 2.05) is 14.1 Å². The third-order valence-corrected chi connectivity index (χ3v) is 4.05. The van der Waals surface area contributed by atoms with Gasteiger partial charge in [0, 0.05) is 66.8 Å². The van der Waals surface area contributed by atoms with Gasteiger partial charge in [0.05, 0.1) is 0 Å². The van der Waals surface area contributed by atoms with Gasteiger partial charge in [0.2, 0.25) is 0 Å². The molecule has 0 aromatic heterocycles. The van der Waals surface area contributed by atoms with Crippen molar-refractivity contribution in [1.82, 2.24) is 19.6 Å². The molecule has 0 spiro atoms. The average Bonchev–Trinajstić information content (AvgIpc) is 2.51. The lowest BCUT2D eigenvalue weighted by Crippen LogP contribution is -2.40. The first kappa shape index (κ1) is 17.4. The first-order chi connectivity index (χ1) is 11.1. The van der Waals surface area contributed by atoms with Gasteiger partial charge in [0.1, 0.15) is 0 Å². The predicted molar refractivity (Wildman–Crippen MR) is 97.5 cm³/mol. The van der Waals surface area contributed by atoms with Crippen LogP contribution in [0.2, 0.25) is 0 Å². The van der Waals surface area contributed by atoms with Crippen LogP contribution in [0.25, 0.3) is 0 Å². The summed E-state index contributed by atoms with van der Waals surface area (Å²) in [7, 11) is 8.26.